The van der Waals surface area contributed by atoms with E-state index in [0.717, 1.165) is 29.1 Å². The SMILES string of the molecule is CC(F)(F)c1ccccc1N1C(=O)CS/C1=N\C(=O)NCCc1ccc(-c2ncn(-c3ccc(OC(F)(F)F)cc3)n2)cc1. The van der Waals surface area contributed by atoms with Crippen molar-refractivity contribution in [2.45, 2.75) is 25.6 Å². The number of amidine groups is 1. The summed E-state index contributed by atoms with van der Waals surface area (Å²) in [5.41, 5.74) is 1.70. The Morgan fingerprint density at radius 2 is 1.73 bits per heavy atom. The molecule has 44 heavy (non-hydrogen) atoms. The van der Waals surface area contributed by atoms with Crippen LogP contribution in [0, 0.1) is 0 Å². The molecule has 0 saturated carbocycles. The fourth-order valence-electron chi connectivity index (χ4n) is 4.30. The standard InChI is InChI=1S/C29H23F5N6O3S/c1-28(30,31)22-4-2-3-5-23(22)40-24(41)16-44-27(40)37-26(42)35-15-14-18-6-8-19(9-7-18)25-36-17-39(38-25)20-10-12-21(13-11-20)43-29(32,33)34/h2-13,17H,14-16H2,1H3,(H,35,42)/b37-27-. The van der Waals surface area contributed by atoms with Gasteiger partial charge < -0.3 is 10.1 Å². The van der Waals surface area contributed by atoms with E-state index in [1.807, 2.05) is 12.1 Å². The van der Waals surface area contributed by atoms with Crippen molar-refractivity contribution in [1.82, 2.24) is 20.1 Å². The van der Waals surface area contributed by atoms with Gasteiger partial charge in [0.25, 0.3) is 5.92 Å². The largest absolute Gasteiger partial charge is 0.573 e. The van der Waals surface area contributed by atoms with E-state index in [0.29, 0.717) is 23.5 Å². The monoisotopic (exact) mass is 630 g/mol. The van der Waals surface area contributed by atoms with Gasteiger partial charge in [0.1, 0.15) is 12.1 Å². The van der Waals surface area contributed by atoms with Gasteiger partial charge in [-0.05, 0) is 42.3 Å². The molecule has 1 N–H and O–H groups in total. The lowest BCUT2D eigenvalue weighted by atomic mass is 10.1. The molecule has 0 aliphatic carbocycles. The fourth-order valence-corrected chi connectivity index (χ4v) is 5.16. The Bertz CT molecular complexity index is 1690. The Hall–Kier alpha value is -4.79. The second-order valence-corrected chi connectivity index (χ2v) is 10.5. The number of aliphatic imine (C=N–C) groups is 1. The summed E-state index contributed by atoms with van der Waals surface area (Å²) in [5.74, 6) is -3.63. The van der Waals surface area contributed by atoms with Gasteiger partial charge >= 0.3 is 12.4 Å². The highest BCUT2D eigenvalue weighted by atomic mass is 32.2. The van der Waals surface area contributed by atoms with Crippen molar-refractivity contribution in [2.24, 2.45) is 4.99 Å². The first-order valence-electron chi connectivity index (χ1n) is 13.0. The minimum atomic E-state index is -4.78. The van der Waals surface area contributed by atoms with Gasteiger partial charge in [-0.25, -0.2) is 23.2 Å². The normalized spacial score (nSPS) is 14.7. The summed E-state index contributed by atoms with van der Waals surface area (Å²) in [4.78, 5) is 34.3. The zero-order valence-electron chi connectivity index (χ0n) is 22.9. The maximum atomic E-state index is 14.2. The molecule has 0 radical (unpaired) electrons. The number of carbonyl (C=O) groups excluding carboxylic acids is 2. The Kier molecular flexibility index (Phi) is 8.67. The molecule has 0 atom stereocenters. The molecule has 0 unspecified atom stereocenters. The Morgan fingerprint density at radius 3 is 2.41 bits per heavy atom. The van der Waals surface area contributed by atoms with Crippen LogP contribution in [0.1, 0.15) is 18.1 Å². The first-order valence-corrected chi connectivity index (χ1v) is 14.0. The molecule has 3 aromatic carbocycles. The number of thioether (sulfide) groups is 1. The average molecular weight is 631 g/mol. The molecule has 1 aliphatic rings. The molecular weight excluding hydrogens is 607 g/mol. The van der Waals surface area contributed by atoms with E-state index in [2.05, 4.69) is 25.1 Å². The predicted octanol–water partition coefficient (Wildman–Crippen LogP) is 6.33. The highest BCUT2D eigenvalue weighted by molar-refractivity contribution is 8.15. The second-order valence-electron chi connectivity index (χ2n) is 9.55. The van der Waals surface area contributed by atoms with Crippen molar-refractivity contribution in [2.75, 3.05) is 17.2 Å². The van der Waals surface area contributed by atoms with Crippen LogP contribution in [0.25, 0.3) is 17.1 Å². The third-order valence-electron chi connectivity index (χ3n) is 6.31. The van der Waals surface area contributed by atoms with Crippen LogP contribution in [0.3, 0.4) is 0 Å². The summed E-state index contributed by atoms with van der Waals surface area (Å²) >= 11 is 0.994. The molecule has 2 heterocycles. The van der Waals surface area contributed by atoms with E-state index < -0.39 is 24.2 Å². The van der Waals surface area contributed by atoms with Gasteiger partial charge in [-0.1, -0.05) is 54.2 Å². The number of amides is 3. The summed E-state index contributed by atoms with van der Waals surface area (Å²) in [6.45, 7) is 0.958. The number of rotatable bonds is 8. The number of hydrogen-bond donors (Lipinski definition) is 1. The summed E-state index contributed by atoms with van der Waals surface area (Å²) < 4.78 is 70.7. The lowest BCUT2D eigenvalue weighted by Gasteiger charge is -2.22. The van der Waals surface area contributed by atoms with Gasteiger partial charge in [0.05, 0.1) is 17.1 Å². The fraction of sp³-hybridized carbons (Fsp3) is 0.207. The van der Waals surface area contributed by atoms with Gasteiger partial charge in [0.15, 0.2) is 11.0 Å². The highest BCUT2D eigenvalue weighted by Gasteiger charge is 2.36. The van der Waals surface area contributed by atoms with E-state index in [9.17, 15) is 31.5 Å². The van der Waals surface area contributed by atoms with Gasteiger partial charge in [-0.3, -0.25) is 9.69 Å². The van der Waals surface area contributed by atoms with E-state index in [-0.39, 0.29) is 34.5 Å². The predicted molar refractivity (Wildman–Crippen MR) is 154 cm³/mol. The number of benzene rings is 3. The molecule has 0 spiro atoms. The van der Waals surface area contributed by atoms with Crippen LogP contribution in [-0.2, 0) is 17.1 Å². The van der Waals surface area contributed by atoms with Crippen molar-refractivity contribution < 1.29 is 36.3 Å². The summed E-state index contributed by atoms with van der Waals surface area (Å²) in [7, 11) is 0. The van der Waals surface area contributed by atoms with E-state index in [1.165, 1.54) is 59.5 Å². The second kappa shape index (κ2) is 12.4. The smallest absolute Gasteiger partial charge is 0.406 e. The zero-order chi connectivity index (χ0) is 31.5. The van der Waals surface area contributed by atoms with E-state index >= 15 is 0 Å². The number of carbonyl (C=O) groups is 2. The van der Waals surface area contributed by atoms with Crippen LogP contribution in [0.15, 0.2) is 84.1 Å². The maximum Gasteiger partial charge on any atom is 0.573 e. The number of urea groups is 1. The molecule has 5 rings (SSSR count). The summed E-state index contributed by atoms with van der Waals surface area (Å²) in [6.07, 6.45) is -2.89. The molecule has 228 valence electrons. The van der Waals surface area contributed by atoms with Crippen LogP contribution in [0.5, 0.6) is 5.75 Å². The number of alkyl halides is 5. The minimum absolute atomic E-state index is 0.0191. The number of halogens is 5. The van der Waals surface area contributed by atoms with Crippen molar-refractivity contribution in [1.29, 1.82) is 0 Å². The topological polar surface area (TPSA) is 102 Å². The van der Waals surface area contributed by atoms with Crippen LogP contribution >= 0.6 is 11.8 Å². The number of nitrogens with one attached hydrogen (secondary N) is 1. The van der Waals surface area contributed by atoms with Crippen LogP contribution in [-0.4, -0.2) is 50.5 Å². The lowest BCUT2D eigenvalue weighted by molar-refractivity contribution is -0.274. The molecule has 3 amide bonds. The number of nitrogens with zero attached hydrogens (tertiary/aromatic N) is 5. The molecule has 9 nitrogen and oxygen atoms in total. The molecule has 4 aromatic rings. The average Bonchev–Trinajstić information content (AvgIpc) is 3.60. The molecule has 1 aliphatic heterocycles. The molecule has 1 fully saturated rings. The molecule has 1 aromatic heterocycles. The van der Waals surface area contributed by atoms with Gasteiger partial charge in [-0.15, -0.1) is 18.3 Å². The molecular formula is C29H23F5N6O3S. The number of ether oxygens (including phenoxy) is 1. The number of aromatic nitrogens is 3. The van der Waals surface area contributed by atoms with Gasteiger partial charge in [-0.2, -0.15) is 4.99 Å². The van der Waals surface area contributed by atoms with Crippen molar-refractivity contribution in [3.8, 4) is 22.8 Å². The highest BCUT2D eigenvalue weighted by Crippen LogP contribution is 2.38. The van der Waals surface area contributed by atoms with Gasteiger partial charge in [0.2, 0.25) is 5.91 Å². The van der Waals surface area contributed by atoms with Crippen molar-refractivity contribution >= 4 is 34.6 Å². The Balaban J connectivity index is 1.17. The minimum Gasteiger partial charge on any atom is -0.406 e. The van der Waals surface area contributed by atoms with E-state index in [1.54, 1.807) is 12.1 Å². The molecule has 0 bridgehead atoms. The van der Waals surface area contributed by atoms with Gasteiger partial charge in [0, 0.05) is 24.6 Å². The number of para-hydroxylation sites is 1. The zero-order valence-corrected chi connectivity index (χ0v) is 23.7. The molecule has 1 saturated heterocycles. The first-order chi connectivity index (χ1) is 20.9. The summed E-state index contributed by atoms with van der Waals surface area (Å²) in [6, 6.07) is 17.3. The van der Waals surface area contributed by atoms with Crippen LogP contribution in [0.2, 0.25) is 0 Å². The number of anilines is 1. The third kappa shape index (κ3) is 7.40. The quantitative estimate of drug-likeness (QED) is 0.228. The Labute approximate surface area is 251 Å². The van der Waals surface area contributed by atoms with Crippen LogP contribution < -0.4 is 15.0 Å². The van der Waals surface area contributed by atoms with Crippen molar-refractivity contribution in [3.63, 3.8) is 0 Å². The number of hydrogen-bond acceptors (Lipinski definition) is 6. The third-order valence-corrected chi connectivity index (χ3v) is 7.23. The Morgan fingerprint density at radius 1 is 1.02 bits per heavy atom. The van der Waals surface area contributed by atoms with E-state index in [4.69, 9.17) is 0 Å². The maximum absolute atomic E-state index is 14.2. The van der Waals surface area contributed by atoms with Crippen molar-refractivity contribution in [3.05, 3.63) is 90.3 Å². The first kappa shape index (κ1) is 30.7. The lowest BCUT2D eigenvalue weighted by Crippen LogP contribution is -2.33. The van der Waals surface area contributed by atoms with Crippen LogP contribution in [0.4, 0.5) is 32.4 Å². The summed E-state index contributed by atoms with van der Waals surface area (Å²) in [5, 5.41) is 7.04. The molecule has 15 heteroatoms.